The van der Waals surface area contributed by atoms with Crippen LogP contribution in [0.2, 0.25) is 20.1 Å². The highest BCUT2D eigenvalue weighted by Gasteiger charge is 2.02. The van der Waals surface area contributed by atoms with Crippen LogP contribution in [0.4, 0.5) is 0 Å². The van der Waals surface area contributed by atoms with E-state index < -0.39 is 5.97 Å². The summed E-state index contributed by atoms with van der Waals surface area (Å²) in [6.45, 7) is 0. The molecular formula is C18H17Cl4NO3. The quantitative estimate of drug-likeness (QED) is 0.633. The van der Waals surface area contributed by atoms with E-state index in [1.807, 2.05) is 6.07 Å². The maximum Gasteiger partial charge on any atom is 0.303 e. The lowest BCUT2D eigenvalue weighted by Crippen LogP contribution is -2.11. The minimum absolute atomic E-state index is 0.109. The number of carboxylic acids is 1. The van der Waals surface area contributed by atoms with Crippen LogP contribution in [0.3, 0.4) is 0 Å². The van der Waals surface area contributed by atoms with Gasteiger partial charge < -0.3 is 10.8 Å². The van der Waals surface area contributed by atoms with Crippen molar-refractivity contribution in [1.82, 2.24) is 0 Å². The first-order valence-electron chi connectivity index (χ1n) is 7.57. The van der Waals surface area contributed by atoms with Crippen molar-refractivity contribution in [1.29, 1.82) is 0 Å². The standard InChI is InChI=1S/C9H9Cl2NO.C9H8Cl2O2/c2*10-7-3-1-6(5-8(7)11)2-4-9(12)13/h1,3,5H,2,4H2,(H2,12,13);1,3,5H,2,4H2,(H,12,13). The van der Waals surface area contributed by atoms with Gasteiger partial charge in [0.1, 0.15) is 0 Å². The number of nitrogens with two attached hydrogens (primary N) is 1. The molecule has 8 heteroatoms. The van der Waals surface area contributed by atoms with E-state index in [9.17, 15) is 9.59 Å². The van der Waals surface area contributed by atoms with Crippen molar-refractivity contribution < 1.29 is 14.7 Å². The Morgan fingerprint density at radius 3 is 1.54 bits per heavy atom. The molecule has 0 aliphatic rings. The van der Waals surface area contributed by atoms with Gasteiger partial charge in [0, 0.05) is 12.8 Å². The van der Waals surface area contributed by atoms with Crippen LogP contribution in [0, 0.1) is 0 Å². The van der Waals surface area contributed by atoms with Crippen molar-refractivity contribution >= 4 is 58.3 Å². The second kappa shape index (κ2) is 11.3. The highest BCUT2D eigenvalue weighted by Crippen LogP contribution is 2.23. The molecule has 0 aliphatic heterocycles. The minimum Gasteiger partial charge on any atom is -0.481 e. The topological polar surface area (TPSA) is 80.4 Å². The molecule has 0 saturated carbocycles. The van der Waals surface area contributed by atoms with Crippen LogP contribution < -0.4 is 5.73 Å². The molecule has 0 unspecified atom stereocenters. The van der Waals surface area contributed by atoms with Crippen molar-refractivity contribution in [3.05, 3.63) is 67.6 Å². The Morgan fingerprint density at radius 2 is 1.19 bits per heavy atom. The zero-order valence-corrected chi connectivity index (χ0v) is 16.7. The van der Waals surface area contributed by atoms with Crippen LogP contribution >= 0.6 is 46.4 Å². The Kier molecular flexibility index (Phi) is 9.81. The monoisotopic (exact) mass is 435 g/mol. The predicted octanol–water partition coefficient (Wildman–Crippen LogP) is 5.42. The largest absolute Gasteiger partial charge is 0.481 e. The van der Waals surface area contributed by atoms with Gasteiger partial charge in [0.15, 0.2) is 0 Å². The van der Waals surface area contributed by atoms with E-state index in [0.29, 0.717) is 39.4 Å². The molecule has 0 bridgehead atoms. The summed E-state index contributed by atoms with van der Waals surface area (Å²) >= 11 is 22.9. The Balaban J connectivity index is 0.000000260. The summed E-state index contributed by atoms with van der Waals surface area (Å²) in [4.78, 5) is 20.8. The zero-order valence-electron chi connectivity index (χ0n) is 13.6. The number of carboxylic acid groups (broad SMARTS) is 1. The molecule has 2 aromatic carbocycles. The average molecular weight is 437 g/mol. The number of carbonyl (C=O) groups excluding carboxylic acids is 1. The minimum atomic E-state index is -0.814. The average Bonchev–Trinajstić information content (AvgIpc) is 2.57. The van der Waals surface area contributed by atoms with Crippen molar-refractivity contribution in [3.8, 4) is 0 Å². The number of primary amides is 1. The summed E-state index contributed by atoms with van der Waals surface area (Å²) in [6, 6.07) is 10.4. The predicted molar refractivity (Wildman–Crippen MR) is 106 cm³/mol. The molecule has 0 fully saturated rings. The molecule has 2 aromatic rings. The summed E-state index contributed by atoms with van der Waals surface area (Å²) in [7, 11) is 0. The van der Waals surface area contributed by atoms with E-state index in [1.54, 1.807) is 30.3 Å². The molecule has 0 saturated heterocycles. The van der Waals surface area contributed by atoms with Crippen molar-refractivity contribution in [3.63, 3.8) is 0 Å². The van der Waals surface area contributed by atoms with Gasteiger partial charge in [-0.15, -0.1) is 0 Å². The molecule has 0 heterocycles. The van der Waals surface area contributed by atoms with Crippen LogP contribution in [0.1, 0.15) is 24.0 Å². The van der Waals surface area contributed by atoms with Crippen molar-refractivity contribution in [2.75, 3.05) is 0 Å². The number of carbonyl (C=O) groups is 2. The van der Waals surface area contributed by atoms with Crippen LogP contribution in [0.15, 0.2) is 36.4 Å². The summed E-state index contributed by atoms with van der Waals surface area (Å²) in [5, 5.41) is 10.4. The number of aliphatic carboxylic acids is 1. The summed E-state index contributed by atoms with van der Waals surface area (Å²) in [5.74, 6) is -1.13. The van der Waals surface area contributed by atoms with Gasteiger partial charge in [-0.25, -0.2) is 0 Å². The Labute approximate surface area is 171 Å². The third-order valence-electron chi connectivity index (χ3n) is 3.26. The molecule has 1 amide bonds. The van der Waals surface area contributed by atoms with Gasteiger partial charge in [-0.3, -0.25) is 9.59 Å². The lowest BCUT2D eigenvalue weighted by Gasteiger charge is -2.00. The second-order valence-corrected chi connectivity index (χ2v) is 6.99. The fourth-order valence-electron chi connectivity index (χ4n) is 1.91. The Bertz CT molecular complexity index is 716. The number of aryl methyl sites for hydroxylation is 2. The molecular weight excluding hydrogens is 420 g/mol. The van der Waals surface area contributed by atoms with Gasteiger partial charge in [0.05, 0.1) is 20.1 Å². The van der Waals surface area contributed by atoms with Crippen LogP contribution in [0.5, 0.6) is 0 Å². The number of rotatable bonds is 6. The lowest BCUT2D eigenvalue weighted by molar-refractivity contribution is -0.137. The van der Waals surface area contributed by atoms with Gasteiger partial charge in [-0.2, -0.15) is 0 Å². The third-order valence-corrected chi connectivity index (χ3v) is 4.73. The molecule has 0 atom stereocenters. The summed E-state index contributed by atoms with van der Waals surface area (Å²) in [6.07, 6.45) is 1.52. The van der Waals surface area contributed by atoms with E-state index in [2.05, 4.69) is 0 Å². The smallest absolute Gasteiger partial charge is 0.303 e. The molecule has 0 spiro atoms. The lowest BCUT2D eigenvalue weighted by atomic mass is 10.1. The first-order valence-corrected chi connectivity index (χ1v) is 9.08. The van der Waals surface area contributed by atoms with Crippen molar-refractivity contribution in [2.24, 2.45) is 5.73 Å². The highest BCUT2D eigenvalue weighted by molar-refractivity contribution is 6.42. The van der Waals surface area contributed by atoms with E-state index >= 15 is 0 Å². The summed E-state index contributed by atoms with van der Waals surface area (Å²) < 4.78 is 0. The van der Waals surface area contributed by atoms with Crippen LogP contribution in [0.25, 0.3) is 0 Å². The van der Waals surface area contributed by atoms with Gasteiger partial charge in [-0.05, 0) is 48.2 Å². The third kappa shape index (κ3) is 8.77. The first-order chi connectivity index (χ1) is 12.2. The highest BCUT2D eigenvalue weighted by atomic mass is 35.5. The van der Waals surface area contributed by atoms with Gasteiger partial charge in [0.25, 0.3) is 0 Å². The van der Waals surface area contributed by atoms with Crippen molar-refractivity contribution in [2.45, 2.75) is 25.7 Å². The molecule has 3 N–H and O–H groups in total. The molecule has 0 aliphatic carbocycles. The fraction of sp³-hybridized carbons (Fsp3) is 0.222. The number of hydrogen-bond acceptors (Lipinski definition) is 2. The maximum absolute atomic E-state index is 10.5. The van der Waals surface area contributed by atoms with Gasteiger partial charge >= 0.3 is 5.97 Å². The van der Waals surface area contributed by atoms with Gasteiger partial charge in [-0.1, -0.05) is 58.5 Å². The van der Waals surface area contributed by atoms with E-state index in [1.165, 1.54) is 0 Å². The normalized spacial score (nSPS) is 10.0. The molecule has 0 aromatic heterocycles. The number of amides is 1. The van der Waals surface area contributed by atoms with E-state index in [4.69, 9.17) is 57.2 Å². The first kappa shape index (κ1) is 22.6. The number of halogens is 4. The molecule has 2 rings (SSSR count). The fourth-order valence-corrected chi connectivity index (χ4v) is 2.55. The molecule has 4 nitrogen and oxygen atoms in total. The number of hydrogen-bond donors (Lipinski definition) is 2. The SMILES string of the molecule is NC(=O)CCc1ccc(Cl)c(Cl)c1.O=C(O)CCc1ccc(Cl)c(Cl)c1. The summed E-state index contributed by atoms with van der Waals surface area (Å²) in [5.41, 5.74) is 6.86. The Morgan fingerprint density at radius 1 is 0.769 bits per heavy atom. The molecule has 0 radical (unpaired) electrons. The number of benzene rings is 2. The van der Waals surface area contributed by atoms with E-state index in [0.717, 1.165) is 11.1 Å². The van der Waals surface area contributed by atoms with E-state index in [-0.39, 0.29) is 12.3 Å². The van der Waals surface area contributed by atoms with Crippen LogP contribution in [-0.4, -0.2) is 17.0 Å². The van der Waals surface area contributed by atoms with Gasteiger partial charge in [0.2, 0.25) is 5.91 Å². The Hall–Kier alpha value is -1.46. The second-order valence-electron chi connectivity index (χ2n) is 5.36. The molecule has 140 valence electrons. The molecule has 26 heavy (non-hydrogen) atoms. The van der Waals surface area contributed by atoms with Crippen LogP contribution in [-0.2, 0) is 22.4 Å². The zero-order chi connectivity index (χ0) is 19.7. The maximum atomic E-state index is 10.5.